The van der Waals surface area contributed by atoms with Crippen LogP contribution in [0.15, 0.2) is 59.3 Å². The number of quaternary nitrogens is 1. The molecular weight excluding hydrogens is 392 g/mol. The predicted molar refractivity (Wildman–Crippen MR) is 112 cm³/mol. The molecule has 0 aliphatic heterocycles. The number of carbonyl (C=O) groups is 2. The second-order valence-corrected chi connectivity index (χ2v) is 8.47. The fourth-order valence-corrected chi connectivity index (χ4v) is 4.43. The van der Waals surface area contributed by atoms with Crippen LogP contribution in [0.4, 0.5) is 0 Å². The third kappa shape index (κ3) is 6.02. The molecule has 1 amide bonds. The molecule has 3 aromatic rings. The Kier molecular flexibility index (Phi) is 7.36. The Labute approximate surface area is 172 Å². The summed E-state index contributed by atoms with van der Waals surface area (Å²) in [5, 5.41) is 7.11. The Morgan fingerprint density at radius 1 is 0.964 bits per heavy atom. The van der Waals surface area contributed by atoms with Gasteiger partial charge in [-0.2, -0.15) is 0 Å². The molecule has 0 fully saturated rings. The summed E-state index contributed by atoms with van der Waals surface area (Å²) in [5.74, 6) is -0.350. The molecule has 0 radical (unpaired) electrons. The number of nitrogens with one attached hydrogen (secondary N) is 2. The molecule has 0 atom stereocenters. The van der Waals surface area contributed by atoms with E-state index in [-0.39, 0.29) is 11.9 Å². The van der Waals surface area contributed by atoms with Gasteiger partial charge >= 0.3 is 5.97 Å². The van der Waals surface area contributed by atoms with Gasteiger partial charge in [-0.1, -0.05) is 24.3 Å². The van der Waals surface area contributed by atoms with Gasteiger partial charge in [-0.05, 0) is 40.6 Å². The summed E-state index contributed by atoms with van der Waals surface area (Å²) in [4.78, 5) is 27.7. The fourth-order valence-electron chi connectivity index (χ4n) is 2.87. The molecule has 0 saturated heterocycles. The highest BCUT2D eigenvalue weighted by atomic mass is 32.1. The number of carbonyl (C=O) groups excluding carboxylic acids is 2. The summed E-state index contributed by atoms with van der Waals surface area (Å²) >= 11 is 3.44. The van der Waals surface area contributed by atoms with Crippen LogP contribution in [0.1, 0.15) is 25.7 Å². The third-order valence-corrected chi connectivity index (χ3v) is 6.04. The van der Waals surface area contributed by atoms with Crippen molar-refractivity contribution in [1.29, 1.82) is 0 Å². The smallest absolute Gasteiger partial charge is 0.337 e. The topological polar surface area (TPSA) is 59.8 Å². The van der Waals surface area contributed by atoms with Crippen LogP contribution in [0, 0.1) is 0 Å². The van der Waals surface area contributed by atoms with Gasteiger partial charge in [0, 0.05) is 6.54 Å². The Balaban J connectivity index is 1.54. The second-order valence-electron chi connectivity index (χ2n) is 6.40. The minimum atomic E-state index is -0.364. The molecule has 0 saturated carbocycles. The Morgan fingerprint density at radius 2 is 1.57 bits per heavy atom. The van der Waals surface area contributed by atoms with Gasteiger partial charge in [0.25, 0.3) is 5.91 Å². The number of benzene rings is 1. The minimum absolute atomic E-state index is 0.0140. The molecule has 0 aliphatic rings. The van der Waals surface area contributed by atoms with E-state index in [1.54, 1.807) is 34.8 Å². The van der Waals surface area contributed by atoms with Crippen LogP contribution >= 0.6 is 22.7 Å². The molecule has 2 N–H and O–H groups in total. The molecule has 146 valence electrons. The van der Waals surface area contributed by atoms with Gasteiger partial charge < -0.3 is 15.0 Å². The maximum absolute atomic E-state index is 12.5. The zero-order valence-electron chi connectivity index (χ0n) is 15.6. The van der Waals surface area contributed by atoms with E-state index < -0.39 is 0 Å². The number of rotatable bonds is 9. The van der Waals surface area contributed by atoms with Crippen LogP contribution in [-0.4, -0.2) is 25.5 Å². The lowest BCUT2D eigenvalue weighted by Gasteiger charge is -2.18. The summed E-state index contributed by atoms with van der Waals surface area (Å²) in [6.07, 6.45) is 0. The lowest BCUT2D eigenvalue weighted by molar-refractivity contribution is -0.919. The highest BCUT2D eigenvalue weighted by Crippen LogP contribution is 2.09. The Morgan fingerprint density at radius 3 is 2.07 bits per heavy atom. The molecular formula is C21H23N2O3S2+. The molecule has 1 aromatic carbocycles. The molecule has 28 heavy (non-hydrogen) atoms. The summed E-state index contributed by atoms with van der Waals surface area (Å²) in [6.45, 7) is 2.51. The zero-order chi connectivity index (χ0) is 19.8. The van der Waals surface area contributed by atoms with Crippen LogP contribution in [0.3, 0.4) is 0 Å². The van der Waals surface area contributed by atoms with Crippen LogP contribution in [-0.2, 0) is 29.2 Å². The third-order valence-electron chi connectivity index (χ3n) is 4.28. The van der Waals surface area contributed by atoms with Crippen molar-refractivity contribution >= 4 is 34.6 Å². The van der Waals surface area contributed by atoms with Crippen molar-refractivity contribution in [3.05, 3.63) is 80.2 Å². The van der Waals surface area contributed by atoms with Crippen molar-refractivity contribution in [2.24, 2.45) is 0 Å². The number of methoxy groups -OCH3 is 1. The molecule has 0 unspecified atom stereocenters. The van der Waals surface area contributed by atoms with Gasteiger partial charge in [-0.3, -0.25) is 4.79 Å². The molecule has 0 bridgehead atoms. The normalized spacial score (nSPS) is 10.8. The number of hydrogen-bond acceptors (Lipinski definition) is 5. The van der Waals surface area contributed by atoms with Crippen molar-refractivity contribution in [3.8, 4) is 0 Å². The van der Waals surface area contributed by atoms with E-state index in [9.17, 15) is 9.59 Å². The number of esters is 1. The zero-order valence-corrected chi connectivity index (χ0v) is 17.3. The maximum Gasteiger partial charge on any atom is 0.337 e. The van der Waals surface area contributed by atoms with Gasteiger partial charge in [0.15, 0.2) is 6.54 Å². The van der Waals surface area contributed by atoms with Gasteiger partial charge in [-0.25, -0.2) is 4.79 Å². The molecule has 3 rings (SSSR count). The minimum Gasteiger partial charge on any atom is -0.465 e. The summed E-state index contributed by atoms with van der Waals surface area (Å²) < 4.78 is 4.69. The maximum atomic E-state index is 12.5. The summed E-state index contributed by atoms with van der Waals surface area (Å²) in [6, 6.07) is 15.4. The highest BCUT2D eigenvalue weighted by molar-refractivity contribution is 7.10. The average molecular weight is 416 g/mol. The first-order chi connectivity index (χ1) is 13.6. The first-order valence-electron chi connectivity index (χ1n) is 8.96. The molecule has 0 spiro atoms. The van der Waals surface area contributed by atoms with E-state index in [4.69, 9.17) is 4.74 Å². The Bertz CT molecular complexity index is 839. The van der Waals surface area contributed by atoms with Gasteiger partial charge in [0.05, 0.1) is 22.4 Å². The lowest BCUT2D eigenvalue weighted by Crippen LogP contribution is -3.10. The second kappa shape index (κ2) is 10.2. The molecule has 5 nitrogen and oxygen atoms in total. The van der Waals surface area contributed by atoms with Crippen molar-refractivity contribution in [2.45, 2.75) is 19.6 Å². The number of hydrogen-bond donors (Lipinski definition) is 2. The van der Waals surface area contributed by atoms with Crippen LogP contribution in [0.5, 0.6) is 0 Å². The van der Waals surface area contributed by atoms with E-state index in [1.165, 1.54) is 21.8 Å². The van der Waals surface area contributed by atoms with Crippen LogP contribution in [0.2, 0.25) is 0 Å². The first-order valence-corrected chi connectivity index (χ1v) is 10.7. The van der Waals surface area contributed by atoms with E-state index in [0.717, 1.165) is 18.7 Å². The predicted octanol–water partition coefficient (Wildman–Crippen LogP) is 2.50. The lowest BCUT2D eigenvalue weighted by atomic mass is 10.1. The fraction of sp³-hybridized carbons (Fsp3) is 0.238. The average Bonchev–Trinajstić information content (AvgIpc) is 3.40. The number of amides is 1. The monoisotopic (exact) mass is 415 g/mol. The molecule has 2 aromatic heterocycles. The van der Waals surface area contributed by atoms with Gasteiger partial charge in [0.1, 0.15) is 13.1 Å². The van der Waals surface area contributed by atoms with Crippen molar-refractivity contribution in [2.75, 3.05) is 13.7 Å². The van der Waals surface area contributed by atoms with Crippen molar-refractivity contribution < 1.29 is 19.2 Å². The number of thiophene rings is 2. The quantitative estimate of drug-likeness (QED) is 0.528. The van der Waals surface area contributed by atoms with Crippen molar-refractivity contribution in [3.63, 3.8) is 0 Å². The van der Waals surface area contributed by atoms with E-state index in [0.29, 0.717) is 18.7 Å². The molecule has 2 heterocycles. The standard InChI is InChI=1S/C21H22N2O3S2/c1-26-21(25)17-8-6-16(7-9-17)12-22-20(24)15-23(13-18-4-2-10-27-18)14-19-5-3-11-28-19/h2-11H,12-15H2,1H3,(H,22,24)/p+1. The van der Waals surface area contributed by atoms with Gasteiger partial charge in [0.2, 0.25) is 0 Å². The van der Waals surface area contributed by atoms with Gasteiger partial charge in [-0.15, -0.1) is 22.7 Å². The van der Waals surface area contributed by atoms with E-state index >= 15 is 0 Å². The Hall–Kier alpha value is -2.48. The largest absolute Gasteiger partial charge is 0.465 e. The SMILES string of the molecule is COC(=O)c1ccc(CNC(=O)C[NH+](Cc2cccs2)Cc2cccs2)cc1. The highest BCUT2D eigenvalue weighted by Gasteiger charge is 2.17. The van der Waals surface area contributed by atoms with E-state index in [1.807, 2.05) is 24.3 Å². The summed E-state index contributed by atoms with van der Waals surface area (Å²) in [7, 11) is 1.36. The van der Waals surface area contributed by atoms with Crippen LogP contribution in [0.25, 0.3) is 0 Å². The van der Waals surface area contributed by atoms with Crippen molar-refractivity contribution in [1.82, 2.24) is 5.32 Å². The number of ether oxygens (including phenoxy) is 1. The van der Waals surface area contributed by atoms with Crippen LogP contribution < -0.4 is 10.2 Å². The first kappa shape index (κ1) is 20.3. The molecule has 7 heteroatoms. The molecule has 0 aliphatic carbocycles. The van der Waals surface area contributed by atoms with E-state index in [2.05, 4.69) is 28.2 Å². The summed E-state index contributed by atoms with van der Waals surface area (Å²) in [5.41, 5.74) is 1.44.